The molecule has 1 aliphatic heterocycles. The summed E-state index contributed by atoms with van der Waals surface area (Å²) in [6, 6.07) is 27.6. The molecule has 0 amide bonds. The highest BCUT2D eigenvalue weighted by Gasteiger charge is 2.27. The van der Waals surface area contributed by atoms with Crippen LogP contribution in [0.1, 0.15) is 27.8 Å². The highest BCUT2D eigenvalue weighted by atomic mass is 33.1. The van der Waals surface area contributed by atoms with Gasteiger partial charge in [-0.3, -0.25) is 0 Å². The monoisotopic (exact) mass is 386 g/mol. The number of hydrogen-bond donors (Lipinski definition) is 0. The number of fused-ring (bicyclic) bond motifs is 2. The summed E-state index contributed by atoms with van der Waals surface area (Å²) in [6.07, 6.45) is 2.32. The van der Waals surface area contributed by atoms with Crippen molar-refractivity contribution in [3.8, 4) is 0 Å². The minimum absolute atomic E-state index is 0.948. The molecule has 0 unspecified atom stereocenters. The number of rotatable bonds is 1. The van der Waals surface area contributed by atoms with Gasteiger partial charge in [-0.15, -0.1) is 0 Å². The first-order chi connectivity index (χ1) is 12.8. The van der Waals surface area contributed by atoms with Crippen molar-refractivity contribution in [2.24, 2.45) is 0 Å². The molecule has 26 heavy (non-hydrogen) atoms. The van der Waals surface area contributed by atoms with Crippen LogP contribution in [0.2, 0.25) is 0 Å². The van der Waals surface area contributed by atoms with Crippen molar-refractivity contribution in [3.05, 3.63) is 118 Å². The van der Waals surface area contributed by atoms with Crippen LogP contribution in [0.25, 0.3) is 10.5 Å². The van der Waals surface area contributed by atoms with Crippen LogP contribution in [-0.4, -0.2) is 4.86 Å². The molecule has 0 saturated carbocycles. The van der Waals surface area contributed by atoms with E-state index < -0.39 is 0 Å². The molecular weight excluding hydrogens is 372 g/mol. The smallest absolute Gasteiger partial charge is 0.0534 e. The van der Waals surface area contributed by atoms with Crippen LogP contribution in [0.4, 0.5) is 0 Å². The second kappa shape index (κ2) is 6.58. The highest BCUT2D eigenvalue weighted by molar-refractivity contribution is 8.82. The van der Waals surface area contributed by atoms with E-state index in [1.165, 1.54) is 32.1 Å². The maximum absolute atomic E-state index is 5.79. The summed E-state index contributed by atoms with van der Waals surface area (Å²) in [5, 5.41) is 0. The molecule has 3 aromatic rings. The molecule has 0 radical (unpaired) electrons. The second-order valence-electron chi connectivity index (χ2n) is 6.20. The molecule has 0 N–H and O–H groups in total. The Morgan fingerprint density at radius 2 is 1.12 bits per heavy atom. The standard InChI is InChI=1S/C23H14S3/c24-23-18-12-6-4-10-16(18)22(17-11-5-7-13-19(17)23)21-14-20(25-26-21)15-8-2-1-3-9-15/h1-14H. The molecule has 124 valence electrons. The quantitative estimate of drug-likeness (QED) is 0.256. The summed E-state index contributed by atoms with van der Waals surface area (Å²) in [5.41, 5.74) is 7.38. The molecule has 3 aromatic carbocycles. The van der Waals surface area contributed by atoms with Gasteiger partial charge in [0.2, 0.25) is 0 Å². The Morgan fingerprint density at radius 3 is 1.73 bits per heavy atom. The average Bonchev–Trinajstić information content (AvgIpc) is 3.19. The van der Waals surface area contributed by atoms with Gasteiger partial charge in [0.25, 0.3) is 0 Å². The fourth-order valence-corrected chi connectivity index (χ4v) is 6.30. The third-order valence-corrected chi connectivity index (χ3v) is 7.56. The van der Waals surface area contributed by atoms with Gasteiger partial charge in [0.1, 0.15) is 0 Å². The molecule has 2 aliphatic rings. The van der Waals surface area contributed by atoms with Crippen LogP contribution in [0.5, 0.6) is 0 Å². The number of allylic oxidation sites excluding steroid dienone is 1. The van der Waals surface area contributed by atoms with E-state index in [4.69, 9.17) is 12.2 Å². The third kappa shape index (κ3) is 2.59. The Labute approximate surface area is 166 Å². The van der Waals surface area contributed by atoms with Gasteiger partial charge in [-0.1, -0.05) is 113 Å². The highest BCUT2D eigenvalue weighted by Crippen LogP contribution is 2.54. The molecule has 0 aromatic heterocycles. The zero-order chi connectivity index (χ0) is 17.5. The topological polar surface area (TPSA) is 0 Å². The summed E-state index contributed by atoms with van der Waals surface area (Å²) in [6.45, 7) is 0. The van der Waals surface area contributed by atoms with Crippen molar-refractivity contribution in [1.82, 2.24) is 0 Å². The lowest BCUT2D eigenvalue weighted by Crippen LogP contribution is -2.13. The van der Waals surface area contributed by atoms with Crippen molar-refractivity contribution in [2.75, 3.05) is 0 Å². The van der Waals surface area contributed by atoms with Crippen molar-refractivity contribution in [1.29, 1.82) is 0 Å². The van der Waals surface area contributed by atoms with Crippen LogP contribution in [0.3, 0.4) is 0 Å². The molecule has 0 saturated heterocycles. The number of thiocarbonyl (C=S) groups is 1. The fraction of sp³-hybridized carbons (Fsp3) is 0. The lowest BCUT2D eigenvalue weighted by atomic mass is 9.81. The molecule has 1 aliphatic carbocycles. The fourth-order valence-electron chi connectivity index (χ4n) is 3.46. The van der Waals surface area contributed by atoms with E-state index in [-0.39, 0.29) is 0 Å². The predicted molar refractivity (Wildman–Crippen MR) is 119 cm³/mol. The maximum Gasteiger partial charge on any atom is 0.0534 e. The van der Waals surface area contributed by atoms with Gasteiger partial charge >= 0.3 is 0 Å². The lowest BCUT2D eigenvalue weighted by Gasteiger charge is -2.24. The maximum atomic E-state index is 5.79. The van der Waals surface area contributed by atoms with Gasteiger partial charge in [-0.05, 0) is 22.8 Å². The minimum Gasteiger partial charge on any atom is -0.0787 e. The summed E-state index contributed by atoms with van der Waals surface area (Å²) in [4.78, 5) is 3.56. The van der Waals surface area contributed by atoms with Gasteiger partial charge in [0.15, 0.2) is 0 Å². The first-order valence-electron chi connectivity index (χ1n) is 8.42. The SMILES string of the molecule is S=C1c2ccccc2C(=C2C=C(c3ccccc3)SS2)c2ccccc21. The van der Waals surface area contributed by atoms with Crippen molar-refractivity contribution in [3.63, 3.8) is 0 Å². The minimum atomic E-state index is 0.948. The van der Waals surface area contributed by atoms with Crippen molar-refractivity contribution < 1.29 is 0 Å². The van der Waals surface area contributed by atoms with Crippen LogP contribution in [0.15, 0.2) is 89.8 Å². The second-order valence-corrected chi connectivity index (χ2v) is 8.82. The van der Waals surface area contributed by atoms with Gasteiger partial charge < -0.3 is 0 Å². The van der Waals surface area contributed by atoms with Crippen LogP contribution in [0, 0.1) is 0 Å². The van der Waals surface area contributed by atoms with E-state index in [0.717, 1.165) is 16.0 Å². The molecule has 0 atom stereocenters. The Bertz CT molecular complexity index is 1040. The molecule has 3 heteroatoms. The van der Waals surface area contributed by atoms with E-state index >= 15 is 0 Å². The van der Waals surface area contributed by atoms with E-state index in [2.05, 4.69) is 84.9 Å². The van der Waals surface area contributed by atoms with Gasteiger partial charge in [0.05, 0.1) is 4.86 Å². The first kappa shape index (κ1) is 16.1. The van der Waals surface area contributed by atoms with Crippen molar-refractivity contribution >= 4 is 49.1 Å². The van der Waals surface area contributed by atoms with Crippen molar-refractivity contribution in [2.45, 2.75) is 0 Å². The Hall–Kier alpha value is -2.07. The lowest BCUT2D eigenvalue weighted by molar-refractivity contribution is 1.46. The molecule has 1 heterocycles. The largest absolute Gasteiger partial charge is 0.0787 e. The van der Waals surface area contributed by atoms with E-state index in [9.17, 15) is 0 Å². The zero-order valence-corrected chi connectivity index (χ0v) is 16.3. The van der Waals surface area contributed by atoms with E-state index in [0.29, 0.717) is 0 Å². The van der Waals surface area contributed by atoms with Crippen LogP contribution in [-0.2, 0) is 0 Å². The van der Waals surface area contributed by atoms with Gasteiger partial charge in [0, 0.05) is 26.5 Å². The Morgan fingerprint density at radius 1 is 0.577 bits per heavy atom. The normalized spacial score (nSPS) is 15.5. The molecule has 0 spiro atoms. The van der Waals surface area contributed by atoms with Gasteiger partial charge in [-0.2, -0.15) is 0 Å². The van der Waals surface area contributed by atoms with Crippen LogP contribution >= 0.6 is 33.8 Å². The zero-order valence-electron chi connectivity index (χ0n) is 13.8. The summed E-state index contributed by atoms with van der Waals surface area (Å²) in [5.74, 6) is 0. The molecule has 0 nitrogen and oxygen atoms in total. The number of benzene rings is 3. The van der Waals surface area contributed by atoms with E-state index in [1.807, 2.05) is 21.6 Å². The first-order valence-corrected chi connectivity index (χ1v) is 11.0. The summed E-state index contributed by atoms with van der Waals surface area (Å²) >= 11 is 5.79. The Balaban J connectivity index is 1.75. The third-order valence-electron chi connectivity index (χ3n) is 4.67. The van der Waals surface area contributed by atoms with E-state index in [1.54, 1.807) is 0 Å². The molecule has 0 bridgehead atoms. The summed E-state index contributed by atoms with van der Waals surface area (Å²) < 4.78 is 0. The predicted octanol–water partition coefficient (Wildman–Crippen LogP) is 6.96. The number of hydrogen-bond acceptors (Lipinski definition) is 3. The van der Waals surface area contributed by atoms with Crippen LogP contribution < -0.4 is 0 Å². The van der Waals surface area contributed by atoms with Gasteiger partial charge in [-0.25, -0.2) is 0 Å². The molecular formula is C23H14S3. The Kier molecular flexibility index (Phi) is 4.08. The molecule has 5 rings (SSSR count). The molecule has 0 fully saturated rings. The average molecular weight is 387 g/mol. The summed E-state index contributed by atoms with van der Waals surface area (Å²) in [7, 11) is 3.68.